The van der Waals surface area contributed by atoms with E-state index in [0.717, 1.165) is 30.4 Å². The summed E-state index contributed by atoms with van der Waals surface area (Å²) in [5.41, 5.74) is 2.75. The Morgan fingerprint density at radius 2 is 2.04 bits per heavy atom. The van der Waals surface area contributed by atoms with E-state index in [4.69, 9.17) is 14.2 Å². The van der Waals surface area contributed by atoms with Crippen LogP contribution in [0.5, 0.6) is 0 Å². The summed E-state index contributed by atoms with van der Waals surface area (Å²) in [6.07, 6.45) is 3.70. The maximum Gasteiger partial charge on any atom is 0.338 e. The van der Waals surface area contributed by atoms with Gasteiger partial charge >= 0.3 is 11.9 Å². The summed E-state index contributed by atoms with van der Waals surface area (Å²) in [7, 11) is 0. The molecule has 1 fully saturated rings. The van der Waals surface area contributed by atoms with E-state index in [1.165, 1.54) is 6.26 Å². The Kier molecular flexibility index (Phi) is 3.58. The van der Waals surface area contributed by atoms with Crippen LogP contribution in [-0.2, 0) is 23.8 Å². The van der Waals surface area contributed by atoms with E-state index in [1.54, 1.807) is 13.0 Å². The van der Waals surface area contributed by atoms with E-state index in [2.05, 4.69) is 13.8 Å². The van der Waals surface area contributed by atoms with Crippen molar-refractivity contribution in [3.63, 3.8) is 0 Å². The smallest absolute Gasteiger partial charge is 0.338 e. The fraction of sp³-hybridized carbons (Fsp3) is 0.579. The molecular weight excluding hydrogens is 324 g/mol. The lowest BCUT2D eigenvalue weighted by Gasteiger charge is -2.34. The normalized spacial score (nSPS) is 37.6. The molecule has 4 atom stereocenters. The van der Waals surface area contributed by atoms with Crippen LogP contribution < -0.4 is 0 Å². The molecule has 0 aromatic rings. The standard InChI is InChI=1S/C19H22O6/c1-9-7-12(24-17(9)21)23-8-11-13-15(20)10-5-4-6-19(2,3)14(10)16(13)25-18(11)22/h7-8,12-13,15-16,20H,4-6H2,1-3H3/b11-8+/t12-,13-,15-,16-/m0/s1. The SMILES string of the molecule is CC1=C[C@@H](O/C=C2/C(=O)O[C@@H]3C4=C(CCCC4(C)C)[C@H](O)[C@H]23)OC1=O. The number of hydrogen-bond acceptors (Lipinski definition) is 6. The lowest BCUT2D eigenvalue weighted by Crippen LogP contribution is -2.27. The molecule has 0 radical (unpaired) electrons. The molecule has 4 aliphatic rings. The zero-order valence-electron chi connectivity index (χ0n) is 14.6. The lowest BCUT2D eigenvalue weighted by molar-refractivity contribution is -0.152. The van der Waals surface area contributed by atoms with Gasteiger partial charge < -0.3 is 19.3 Å². The van der Waals surface area contributed by atoms with Gasteiger partial charge in [-0.2, -0.15) is 0 Å². The highest BCUT2D eigenvalue weighted by Crippen LogP contribution is 2.54. The molecule has 1 saturated heterocycles. The second-order valence-electron chi connectivity index (χ2n) is 7.81. The van der Waals surface area contributed by atoms with Crippen LogP contribution in [0.15, 0.2) is 34.6 Å². The average Bonchev–Trinajstić information content (AvgIpc) is 3.11. The molecule has 0 amide bonds. The van der Waals surface area contributed by atoms with Gasteiger partial charge in [-0.25, -0.2) is 9.59 Å². The minimum Gasteiger partial charge on any atom is -0.458 e. The number of hydrogen-bond donors (Lipinski definition) is 1. The van der Waals surface area contributed by atoms with E-state index >= 15 is 0 Å². The van der Waals surface area contributed by atoms with Crippen molar-refractivity contribution in [2.45, 2.75) is 58.5 Å². The van der Waals surface area contributed by atoms with E-state index in [1.807, 2.05) is 0 Å². The molecular formula is C19H22O6. The van der Waals surface area contributed by atoms with Crippen LogP contribution >= 0.6 is 0 Å². The quantitative estimate of drug-likeness (QED) is 0.357. The molecule has 6 nitrogen and oxygen atoms in total. The maximum absolute atomic E-state index is 12.3. The van der Waals surface area contributed by atoms with Crippen LogP contribution in [0.4, 0.5) is 0 Å². The van der Waals surface area contributed by atoms with Crippen molar-refractivity contribution in [3.8, 4) is 0 Å². The van der Waals surface area contributed by atoms with Crippen LogP contribution in [0.25, 0.3) is 0 Å². The maximum atomic E-state index is 12.3. The van der Waals surface area contributed by atoms with Gasteiger partial charge in [0.1, 0.15) is 6.10 Å². The molecule has 0 aromatic heterocycles. The number of esters is 2. The Morgan fingerprint density at radius 3 is 2.72 bits per heavy atom. The minimum absolute atomic E-state index is 0.0919. The van der Waals surface area contributed by atoms with Crippen molar-refractivity contribution < 1.29 is 28.9 Å². The van der Waals surface area contributed by atoms with E-state index in [0.29, 0.717) is 11.1 Å². The van der Waals surface area contributed by atoms with Crippen LogP contribution in [0, 0.1) is 11.3 Å². The van der Waals surface area contributed by atoms with Crippen molar-refractivity contribution >= 4 is 11.9 Å². The zero-order chi connectivity index (χ0) is 17.9. The van der Waals surface area contributed by atoms with Crippen molar-refractivity contribution in [3.05, 3.63) is 34.6 Å². The van der Waals surface area contributed by atoms with E-state index in [-0.39, 0.29) is 5.41 Å². The third-order valence-corrected chi connectivity index (χ3v) is 5.72. The second-order valence-corrected chi connectivity index (χ2v) is 7.81. The third-order valence-electron chi connectivity index (χ3n) is 5.72. The number of carbonyl (C=O) groups is 2. The first-order valence-electron chi connectivity index (χ1n) is 8.67. The number of cyclic esters (lactones) is 1. The van der Waals surface area contributed by atoms with Crippen molar-refractivity contribution in [1.29, 1.82) is 0 Å². The monoisotopic (exact) mass is 346 g/mol. The van der Waals surface area contributed by atoms with Crippen LogP contribution in [0.1, 0.15) is 40.0 Å². The Morgan fingerprint density at radius 1 is 1.28 bits per heavy atom. The lowest BCUT2D eigenvalue weighted by atomic mass is 9.72. The summed E-state index contributed by atoms with van der Waals surface area (Å²) in [4.78, 5) is 23.7. The number of fused-ring (bicyclic) bond motifs is 2. The van der Waals surface area contributed by atoms with E-state index < -0.39 is 36.4 Å². The molecule has 0 unspecified atom stereocenters. The molecule has 6 heteroatoms. The Balaban J connectivity index is 1.60. The molecule has 0 aromatic carbocycles. The predicted octanol–water partition coefficient (Wildman–Crippen LogP) is 2.14. The number of rotatable bonds is 2. The third kappa shape index (κ3) is 2.42. The summed E-state index contributed by atoms with van der Waals surface area (Å²) >= 11 is 0. The molecule has 2 aliphatic carbocycles. The first kappa shape index (κ1) is 16.4. The number of carbonyl (C=O) groups excluding carboxylic acids is 2. The molecule has 25 heavy (non-hydrogen) atoms. The molecule has 0 bridgehead atoms. The van der Waals surface area contributed by atoms with Gasteiger partial charge in [0.25, 0.3) is 6.29 Å². The Hall–Kier alpha value is -2.08. The van der Waals surface area contributed by atoms with Gasteiger partial charge in [-0.15, -0.1) is 0 Å². The van der Waals surface area contributed by atoms with Crippen molar-refractivity contribution in [1.82, 2.24) is 0 Å². The molecule has 134 valence electrons. The van der Waals surface area contributed by atoms with Crippen molar-refractivity contribution in [2.24, 2.45) is 11.3 Å². The Bertz CT molecular complexity index is 741. The first-order chi connectivity index (χ1) is 11.8. The fourth-order valence-corrected chi connectivity index (χ4v) is 4.49. The highest BCUT2D eigenvalue weighted by molar-refractivity contribution is 5.93. The van der Waals surface area contributed by atoms with Crippen molar-refractivity contribution in [2.75, 3.05) is 0 Å². The fourth-order valence-electron chi connectivity index (χ4n) is 4.49. The predicted molar refractivity (Wildman–Crippen MR) is 86.8 cm³/mol. The summed E-state index contributed by atoms with van der Waals surface area (Å²) in [6, 6.07) is 0. The number of aliphatic hydroxyl groups excluding tert-OH is 1. The van der Waals surface area contributed by atoms with Crippen LogP contribution in [0.3, 0.4) is 0 Å². The second kappa shape index (κ2) is 5.46. The molecule has 0 saturated carbocycles. The van der Waals surface area contributed by atoms with Gasteiger partial charge in [0.05, 0.1) is 23.9 Å². The average molecular weight is 346 g/mol. The highest BCUT2D eigenvalue weighted by atomic mass is 16.7. The van der Waals surface area contributed by atoms with Gasteiger partial charge in [0, 0.05) is 11.6 Å². The molecule has 4 rings (SSSR count). The van der Waals surface area contributed by atoms with Crippen LogP contribution in [0.2, 0.25) is 0 Å². The molecule has 1 N–H and O–H groups in total. The van der Waals surface area contributed by atoms with Gasteiger partial charge in [0.2, 0.25) is 0 Å². The van der Waals surface area contributed by atoms with Crippen LogP contribution in [-0.4, -0.2) is 35.5 Å². The number of ether oxygens (including phenoxy) is 3. The summed E-state index contributed by atoms with van der Waals surface area (Å²) in [6.45, 7) is 5.90. The first-order valence-corrected chi connectivity index (χ1v) is 8.67. The highest BCUT2D eigenvalue weighted by Gasteiger charge is 2.56. The van der Waals surface area contributed by atoms with Gasteiger partial charge in [-0.05, 0) is 42.7 Å². The van der Waals surface area contributed by atoms with Gasteiger partial charge in [0.15, 0.2) is 0 Å². The zero-order valence-corrected chi connectivity index (χ0v) is 14.6. The van der Waals surface area contributed by atoms with E-state index in [9.17, 15) is 14.7 Å². The molecule has 2 heterocycles. The summed E-state index contributed by atoms with van der Waals surface area (Å²) in [5, 5.41) is 10.8. The van der Waals surface area contributed by atoms with Gasteiger partial charge in [-0.1, -0.05) is 13.8 Å². The topological polar surface area (TPSA) is 82.1 Å². The largest absolute Gasteiger partial charge is 0.458 e. The number of aliphatic hydroxyl groups is 1. The molecule has 2 aliphatic heterocycles. The summed E-state index contributed by atoms with van der Waals surface area (Å²) in [5.74, 6) is -1.36. The Labute approximate surface area is 146 Å². The van der Waals surface area contributed by atoms with Gasteiger partial charge in [-0.3, -0.25) is 0 Å². The minimum atomic E-state index is -0.843. The molecule has 0 spiro atoms. The summed E-state index contributed by atoms with van der Waals surface area (Å²) < 4.78 is 16.1.